The van der Waals surface area contributed by atoms with Crippen LogP contribution in [-0.4, -0.2) is 28.2 Å². The lowest BCUT2D eigenvalue weighted by Gasteiger charge is -2.33. The Hall–Kier alpha value is -2.71. The summed E-state index contributed by atoms with van der Waals surface area (Å²) < 4.78 is 38.6. The fourth-order valence-electron chi connectivity index (χ4n) is 3.86. The third-order valence-electron chi connectivity index (χ3n) is 5.91. The molecule has 1 aliphatic rings. The lowest BCUT2D eigenvalue weighted by atomic mass is 9.76. The van der Waals surface area contributed by atoms with E-state index in [0.717, 1.165) is 26.3 Å². The molecule has 1 aromatic carbocycles. The van der Waals surface area contributed by atoms with Crippen LogP contribution < -0.4 is 11.1 Å². The van der Waals surface area contributed by atoms with Gasteiger partial charge >= 0.3 is 6.18 Å². The van der Waals surface area contributed by atoms with Gasteiger partial charge in [-0.1, -0.05) is 48.6 Å². The van der Waals surface area contributed by atoms with E-state index in [0.29, 0.717) is 12.8 Å². The van der Waals surface area contributed by atoms with Crippen LogP contribution in [0.15, 0.2) is 66.7 Å². The molecule has 0 saturated carbocycles. The van der Waals surface area contributed by atoms with E-state index in [9.17, 15) is 13.2 Å². The number of anilines is 1. The summed E-state index contributed by atoms with van der Waals surface area (Å²) in [4.78, 5) is 9.67. The van der Waals surface area contributed by atoms with Crippen LogP contribution in [0.1, 0.15) is 26.7 Å². The van der Waals surface area contributed by atoms with Crippen molar-refractivity contribution in [2.45, 2.75) is 44.9 Å². The minimum Gasteiger partial charge on any atom is -0.357 e. The standard InChI is InChI=1S/C24H25F3N4S/c1-15(20(28)12-23(2)8-5-19(6-9-23)24(25,26)27)31-22-30-14-21(32-22)17-3-4-18-13-29-10-7-16(18)11-17/h3-8,10-11,13-15,20H,9,12,28H2,1-2H3,(H,30,31)/t15-,20-,23?/m0/s1. The molecule has 0 aliphatic heterocycles. The molecule has 4 nitrogen and oxygen atoms in total. The molecular formula is C24H25F3N4S. The van der Waals surface area contributed by atoms with Gasteiger partial charge in [-0.3, -0.25) is 4.98 Å². The minimum atomic E-state index is -4.31. The second-order valence-electron chi connectivity index (χ2n) is 8.62. The zero-order valence-corrected chi connectivity index (χ0v) is 18.7. The number of hydrogen-bond donors (Lipinski definition) is 2. The van der Waals surface area contributed by atoms with Crippen LogP contribution in [0, 0.1) is 5.41 Å². The molecule has 2 heterocycles. The molecule has 168 valence electrons. The quantitative estimate of drug-likeness (QED) is 0.453. The number of hydrogen-bond acceptors (Lipinski definition) is 5. The van der Waals surface area contributed by atoms with Gasteiger partial charge in [0.15, 0.2) is 5.13 Å². The number of halogens is 3. The zero-order valence-electron chi connectivity index (χ0n) is 17.9. The third-order valence-corrected chi connectivity index (χ3v) is 6.88. The van der Waals surface area contributed by atoms with Crippen LogP contribution in [0.2, 0.25) is 0 Å². The average molecular weight is 459 g/mol. The molecule has 0 bridgehead atoms. The van der Waals surface area contributed by atoms with Gasteiger partial charge in [0.2, 0.25) is 0 Å². The molecular weight excluding hydrogens is 433 g/mol. The fourth-order valence-corrected chi connectivity index (χ4v) is 4.77. The molecule has 0 amide bonds. The summed E-state index contributed by atoms with van der Waals surface area (Å²) in [5.41, 5.74) is 6.50. The van der Waals surface area contributed by atoms with Gasteiger partial charge in [-0.2, -0.15) is 13.2 Å². The van der Waals surface area contributed by atoms with Gasteiger partial charge in [-0.15, -0.1) is 0 Å². The SMILES string of the molecule is C[C@H](Nc1ncc(-c2ccc3cnccc3c2)s1)[C@@H](N)CC1(C)C=CC(C(F)(F)F)=CC1. The summed E-state index contributed by atoms with van der Waals surface area (Å²) in [6.45, 7) is 3.91. The van der Waals surface area contributed by atoms with Crippen molar-refractivity contribution in [1.82, 2.24) is 9.97 Å². The molecule has 2 aromatic heterocycles. The molecule has 3 N–H and O–H groups in total. The van der Waals surface area contributed by atoms with Gasteiger partial charge in [0, 0.05) is 36.1 Å². The monoisotopic (exact) mass is 458 g/mol. The number of alkyl halides is 3. The van der Waals surface area contributed by atoms with Crippen molar-refractivity contribution in [1.29, 1.82) is 0 Å². The van der Waals surface area contributed by atoms with E-state index in [1.165, 1.54) is 12.2 Å². The molecule has 0 saturated heterocycles. The highest BCUT2D eigenvalue weighted by molar-refractivity contribution is 7.18. The highest BCUT2D eigenvalue weighted by Crippen LogP contribution is 2.39. The summed E-state index contributed by atoms with van der Waals surface area (Å²) in [5, 5.41) is 6.33. The third kappa shape index (κ3) is 5.02. The maximum atomic E-state index is 12.9. The van der Waals surface area contributed by atoms with Crippen molar-refractivity contribution in [3.8, 4) is 10.4 Å². The van der Waals surface area contributed by atoms with E-state index < -0.39 is 17.2 Å². The Balaban J connectivity index is 1.39. The Bertz CT molecular complexity index is 1170. The van der Waals surface area contributed by atoms with E-state index >= 15 is 0 Å². The highest BCUT2D eigenvalue weighted by Gasteiger charge is 2.36. The van der Waals surface area contributed by atoms with Crippen molar-refractivity contribution >= 4 is 27.2 Å². The summed E-state index contributed by atoms with van der Waals surface area (Å²) in [6, 6.07) is 7.85. The van der Waals surface area contributed by atoms with Crippen molar-refractivity contribution in [3.05, 3.63) is 66.7 Å². The molecule has 8 heteroatoms. The second kappa shape index (κ2) is 8.67. The van der Waals surface area contributed by atoms with Gasteiger partial charge in [0.05, 0.1) is 10.5 Å². The zero-order chi connectivity index (χ0) is 22.9. The van der Waals surface area contributed by atoms with E-state index in [1.54, 1.807) is 23.6 Å². The van der Waals surface area contributed by atoms with Crippen LogP contribution in [0.25, 0.3) is 21.2 Å². The predicted octanol–water partition coefficient (Wildman–Crippen LogP) is 6.33. The van der Waals surface area contributed by atoms with Crippen molar-refractivity contribution in [2.24, 2.45) is 11.1 Å². The van der Waals surface area contributed by atoms with Crippen LogP contribution in [-0.2, 0) is 0 Å². The molecule has 0 fully saturated rings. The van der Waals surface area contributed by atoms with Gasteiger partial charge in [0.1, 0.15) is 0 Å². The Morgan fingerprint density at radius 1 is 1.22 bits per heavy atom. The van der Waals surface area contributed by atoms with Crippen molar-refractivity contribution in [3.63, 3.8) is 0 Å². The lowest BCUT2D eigenvalue weighted by molar-refractivity contribution is -0.0889. The molecule has 4 rings (SSSR count). The summed E-state index contributed by atoms with van der Waals surface area (Å²) >= 11 is 1.55. The van der Waals surface area contributed by atoms with Crippen molar-refractivity contribution in [2.75, 3.05) is 5.32 Å². The number of nitrogens with two attached hydrogens (primary N) is 1. The average Bonchev–Trinajstić information content (AvgIpc) is 3.21. The number of aromatic nitrogens is 2. The lowest BCUT2D eigenvalue weighted by Crippen LogP contribution is -2.41. The summed E-state index contributed by atoms with van der Waals surface area (Å²) in [5.74, 6) is 0. The smallest absolute Gasteiger partial charge is 0.357 e. The first-order valence-electron chi connectivity index (χ1n) is 10.4. The van der Waals surface area contributed by atoms with Gasteiger partial charge in [-0.25, -0.2) is 4.98 Å². The van der Waals surface area contributed by atoms with Crippen LogP contribution in [0.4, 0.5) is 18.3 Å². The summed E-state index contributed by atoms with van der Waals surface area (Å²) in [7, 11) is 0. The predicted molar refractivity (Wildman–Crippen MR) is 125 cm³/mol. The molecule has 3 atom stereocenters. The van der Waals surface area contributed by atoms with Crippen LogP contribution >= 0.6 is 11.3 Å². The number of fused-ring (bicyclic) bond motifs is 1. The first-order valence-corrected chi connectivity index (χ1v) is 11.2. The second-order valence-corrected chi connectivity index (χ2v) is 9.65. The first-order chi connectivity index (χ1) is 15.1. The summed E-state index contributed by atoms with van der Waals surface area (Å²) in [6.07, 6.45) is 6.09. The van der Waals surface area contributed by atoms with Crippen LogP contribution in [0.3, 0.4) is 0 Å². The highest BCUT2D eigenvalue weighted by atomic mass is 32.1. The van der Waals surface area contributed by atoms with E-state index in [2.05, 4.69) is 27.4 Å². The molecule has 1 aliphatic carbocycles. The Kier molecular flexibility index (Phi) is 6.09. The Morgan fingerprint density at radius 3 is 2.75 bits per heavy atom. The molecule has 32 heavy (non-hydrogen) atoms. The maximum absolute atomic E-state index is 12.9. The topological polar surface area (TPSA) is 63.8 Å². The molecule has 0 radical (unpaired) electrons. The number of benzene rings is 1. The molecule has 0 spiro atoms. The maximum Gasteiger partial charge on any atom is 0.416 e. The van der Waals surface area contributed by atoms with E-state index in [4.69, 9.17) is 5.73 Å². The normalized spacial score (nSPS) is 20.8. The van der Waals surface area contributed by atoms with E-state index in [-0.39, 0.29) is 12.1 Å². The largest absolute Gasteiger partial charge is 0.416 e. The Labute approximate surface area is 189 Å². The van der Waals surface area contributed by atoms with Crippen LogP contribution in [0.5, 0.6) is 0 Å². The van der Waals surface area contributed by atoms with Crippen molar-refractivity contribution < 1.29 is 13.2 Å². The number of nitrogens with one attached hydrogen (secondary N) is 1. The van der Waals surface area contributed by atoms with E-state index in [1.807, 2.05) is 38.4 Å². The minimum absolute atomic E-state index is 0.0881. The molecule has 3 aromatic rings. The van der Waals surface area contributed by atoms with Gasteiger partial charge < -0.3 is 11.1 Å². The number of allylic oxidation sites excluding steroid dienone is 4. The first kappa shape index (κ1) is 22.5. The Morgan fingerprint density at radius 2 is 2.03 bits per heavy atom. The number of rotatable bonds is 6. The number of pyridine rings is 1. The molecule has 1 unspecified atom stereocenters. The fraction of sp³-hybridized carbons (Fsp3) is 0.333. The number of thiazole rings is 1. The van der Waals surface area contributed by atoms with Gasteiger partial charge in [-0.05, 0) is 48.3 Å². The number of nitrogens with zero attached hydrogens (tertiary/aromatic N) is 2. The van der Waals surface area contributed by atoms with Gasteiger partial charge in [0.25, 0.3) is 0 Å².